The highest BCUT2D eigenvalue weighted by atomic mass is 16.5. The maximum absolute atomic E-state index is 6.04. The van der Waals surface area contributed by atoms with Crippen molar-refractivity contribution in [3.8, 4) is 0 Å². The van der Waals surface area contributed by atoms with Crippen LogP contribution in [0.2, 0.25) is 0 Å². The van der Waals surface area contributed by atoms with Gasteiger partial charge in [0.05, 0.1) is 13.2 Å². The molecule has 0 aromatic rings. The Balaban J connectivity index is 2.27. The molecule has 15 heavy (non-hydrogen) atoms. The summed E-state index contributed by atoms with van der Waals surface area (Å²) in [6.45, 7) is 6.56. The van der Waals surface area contributed by atoms with E-state index >= 15 is 0 Å². The van der Waals surface area contributed by atoms with Crippen molar-refractivity contribution in [3.63, 3.8) is 0 Å². The van der Waals surface area contributed by atoms with Crippen molar-refractivity contribution < 1.29 is 9.47 Å². The fourth-order valence-corrected chi connectivity index (χ4v) is 2.06. The SMILES string of the molecule is COCCCN(C)CC1(C)COCC1N. The third kappa shape index (κ3) is 3.72. The number of hydrogen-bond donors (Lipinski definition) is 1. The largest absolute Gasteiger partial charge is 0.385 e. The summed E-state index contributed by atoms with van der Waals surface area (Å²) in [5.41, 5.74) is 6.15. The number of rotatable bonds is 6. The van der Waals surface area contributed by atoms with Gasteiger partial charge in [-0.05, 0) is 13.5 Å². The lowest BCUT2D eigenvalue weighted by Crippen LogP contribution is -2.46. The van der Waals surface area contributed by atoms with Crippen LogP contribution in [0.25, 0.3) is 0 Å². The Labute approximate surface area is 92.7 Å². The van der Waals surface area contributed by atoms with E-state index in [4.69, 9.17) is 15.2 Å². The van der Waals surface area contributed by atoms with E-state index in [0.717, 1.165) is 32.7 Å². The molecule has 4 nitrogen and oxygen atoms in total. The average molecular weight is 216 g/mol. The molecule has 0 amide bonds. The highest BCUT2D eigenvalue weighted by Crippen LogP contribution is 2.27. The zero-order valence-corrected chi connectivity index (χ0v) is 10.2. The molecule has 2 N–H and O–H groups in total. The summed E-state index contributed by atoms with van der Waals surface area (Å²) in [5, 5.41) is 0. The van der Waals surface area contributed by atoms with E-state index in [-0.39, 0.29) is 11.5 Å². The molecule has 1 saturated heterocycles. The zero-order chi connectivity index (χ0) is 11.3. The number of nitrogens with zero attached hydrogens (tertiary/aromatic N) is 1. The van der Waals surface area contributed by atoms with Gasteiger partial charge in [0.2, 0.25) is 0 Å². The van der Waals surface area contributed by atoms with Gasteiger partial charge in [-0.25, -0.2) is 0 Å². The van der Waals surface area contributed by atoms with Gasteiger partial charge in [-0.3, -0.25) is 0 Å². The van der Waals surface area contributed by atoms with Gasteiger partial charge in [0.25, 0.3) is 0 Å². The highest BCUT2D eigenvalue weighted by molar-refractivity contribution is 4.91. The number of nitrogens with two attached hydrogens (primary N) is 1. The third-order valence-electron chi connectivity index (χ3n) is 3.14. The summed E-state index contributed by atoms with van der Waals surface area (Å²) in [6.07, 6.45) is 1.07. The van der Waals surface area contributed by atoms with Gasteiger partial charge < -0.3 is 20.1 Å². The number of hydrogen-bond acceptors (Lipinski definition) is 4. The normalized spacial score (nSPS) is 31.4. The summed E-state index contributed by atoms with van der Waals surface area (Å²) in [6, 6.07) is 0.169. The second-order valence-electron chi connectivity index (χ2n) is 4.86. The van der Waals surface area contributed by atoms with Gasteiger partial charge in [-0.15, -0.1) is 0 Å². The average Bonchev–Trinajstić information content (AvgIpc) is 2.47. The molecule has 0 bridgehead atoms. The first kappa shape index (κ1) is 12.9. The van der Waals surface area contributed by atoms with E-state index in [9.17, 15) is 0 Å². The summed E-state index contributed by atoms with van der Waals surface area (Å²) in [4.78, 5) is 2.31. The van der Waals surface area contributed by atoms with Gasteiger partial charge in [-0.2, -0.15) is 0 Å². The van der Waals surface area contributed by atoms with Crippen molar-refractivity contribution in [1.82, 2.24) is 4.90 Å². The lowest BCUT2D eigenvalue weighted by atomic mass is 9.85. The van der Waals surface area contributed by atoms with Crippen LogP contribution in [0.5, 0.6) is 0 Å². The Kier molecular flexibility index (Phi) is 4.99. The van der Waals surface area contributed by atoms with Crippen molar-refractivity contribution in [2.75, 3.05) is 47.1 Å². The summed E-state index contributed by atoms with van der Waals surface area (Å²) >= 11 is 0. The Hall–Kier alpha value is -0.160. The lowest BCUT2D eigenvalue weighted by Gasteiger charge is -2.31. The zero-order valence-electron chi connectivity index (χ0n) is 10.2. The maximum atomic E-state index is 6.04. The van der Waals surface area contributed by atoms with E-state index in [0.29, 0.717) is 6.61 Å². The maximum Gasteiger partial charge on any atom is 0.0624 e. The molecular formula is C11H24N2O2. The van der Waals surface area contributed by atoms with Crippen LogP contribution in [0.1, 0.15) is 13.3 Å². The van der Waals surface area contributed by atoms with Crippen LogP contribution in [0.3, 0.4) is 0 Å². The Morgan fingerprint density at radius 1 is 1.60 bits per heavy atom. The number of methoxy groups -OCH3 is 1. The molecule has 0 radical (unpaired) electrons. The van der Waals surface area contributed by atoms with Crippen LogP contribution in [0, 0.1) is 5.41 Å². The standard InChI is InChI=1S/C11H24N2O2/c1-11(9-15-7-10(11)12)8-13(2)5-4-6-14-3/h10H,4-9,12H2,1-3H3. The minimum atomic E-state index is 0.113. The molecule has 90 valence electrons. The molecule has 0 aromatic carbocycles. The van der Waals surface area contributed by atoms with Crippen molar-refractivity contribution in [3.05, 3.63) is 0 Å². The van der Waals surface area contributed by atoms with Crippen LogP contribution in [-0.4, -0.2) is 58.0 Å². The van der Waals surface area contributed by atoms with Crippen molar-refractivity contribution >= 4 is 0 Å². The van der Waals surface area contributed by atoms with Gasteiger partial charge in [0.1, 0.15) is 0 Å². The predicted octanol–water partition coefficient (Wildman–Crippen LogP) is 0.319. The van der Waals surface area contributed by atoms with Crippen molar-refractivity contribution in [2.24, 2.45) is 11.1 Å². The Morgan fingerprint density at radius 2 is 2.33 bits per heavy atom. The minimum Gasteiger partial charge on any atom is -0.385 e. The molecule has 0 aliphatic carbocycles. The topological polar surface area (TPSA) is 47.7 Å². The third-order valence-corrected chi connectivity index (χ3v) is 3.14. The van der Waals surface area contributed by atoms with Crippen LogP contribution in [-0.2, 0) is 9.47 Å². The first-order chi connectivity index (χ1) is 7.08. The minimum absolute atomic E-state index is 0.113. The van der Waals surface area contributed by atoms with Crippen molar-refractivity contribution in [1.29, 1.82) is 0 Å². The molecule has 0 aromatic heterocycles. The lowest BCUT2D eigenvalue weighted by molar-refractivity contribution is 0.122. The fourth-order valence-electron chi connectivity index (χ4n) is 2.06. The van der Waals surface area contributed by atoms with E-state index in [1.54, 1.807) is 7.11 Å². The quantitative estimate of drug-likeness (QED) is 0.650. The van der Waals surface area contributed by atoms with Gasteiger partial charge in [0, 0.05) is 38.3 Å². The van der Waals surface area contributed by atoms with E-state index in [1.165, 1.54) is 0 Å². The van der Waals surface area contributed by atoms with Crippen molar-refractivity contribution in [2.45, 2.75) is 19.4 Å². The van der Waals surface area contributed by atoms with Gasteiger partial charge in [0.15, 0.2) is 0 Å². The van der Waals surface area contributed by atoms with Gasteiger partial charge in [-0.1, -0.05) is 6.92 Å². The highest BCUT2D eigenvalue weighted by Gasteiger charge is 2.38. The molecule has 1 rings (SSSR count). The summed E-state index contributed by atoms with van der Waals surface area (Å²) in [5.74, 6) is 0. The molecule has 1 aliphatic heterocycles. The van der Waals surface area contributed by atoms with E-state index in [1.807, 2.05) is 0 Å². The summed E-state index contributed by atoms with van der Waals surface area (Å²) < 4.78 is 10.5. The predicted molar refractivity (Wildman–Crippen MR) is 60.9 cm³/mol. The first-order valence-corrected chi connectivity index (χ1v) is 5.59. The van der Waals surface area contributed by atoms with Gasteiger partial charge >= 0.3 is 0 Å². The Morgan fingerprint density at radius 3 is 2.87 bits per heavy atom. The molecule has 4 heteroatoms. The molecule has 1 heterocycles. The number of ether oxygens (including phenoxy) is 2. The molecule has 0 saturated carbocycles. The molecule has 1 fully saturated rings. The van der Waals surface area contributed by atoms with Crippen LogP contribution < -0.4 is 5.73 Å². The second kappa shape index (κ2) is 5.80. The molecule has 1 aliphatic rings. The monoisotopic (exact) mass is 216 g/mol. The Bertz CT molecular complexity index is 189. The summed E-state index contributed by atoms with van der Waals surface area (Å²) in [7, 11) is 3.87. The second-order valence-corrected chi connectivity index (χ2v) is 4.86. The smallest absolute Gasteiger partial charge is 0.0624 e. The van der Waals surface area contributed by atoms with E-state index < -0.39 is 0 Å². The molecule has 2 unspecified atom stereocenters. The first-order valence-electron chi connectivity index (χ1n) is 5.59. The van der Waals surface area contributed by atoms with Crippen LogP contribution in [0.4, 0.5) is 0 Å². The fraction of sp³-hybridized carbons (Fsp3) is 1.00. The van der Waals surface area contributed by atoms with Crippen LogP contribution in [0.15, 0.2) is 0 Å². The molecular weight excluding hydrogens is 192 g/mol. The van der Waals surface area contributed by atoms with Crippen LogP contribution >= 0.6 is 0 Å². The molecule has 0 spiro atoms. The van der Waals surface area contributed by atoms with E-state index in [2.05, 4.69) is 18.9 Å². The molecule has 2 atom stereocenters.